The quantitative estimate of drug-likeness (QED) is 0.890. The maximum Gasteiger partial charge on any atom is 0.253 e. The molecule has 5 heteroatoms. The molecule has 0 bridgehead atoms. The minimum atomic E-state index is -0.151. The molecular formula is C17H18ClNO3. The van der Waals surface area contributed by atoms with E-state index in [-0.39, 0.29) is 12.5 Å². The summed E-state index contributed by atoms with van der Waals surface area (Å²) in [5, 5.41) is 9.55. The van der Waals surface area contributed by atoms with Gasteiger partial charge in [0.2, 0.25) is 0 Å². The van der Waals surface area contributed by atoms with E-state index < -0.39 is 0 Å². The lowest BCUT2D eigenvalue weighted by Crippen LogP contribution is -2.29. The monoisotopic (exact) mass is 319 g/mol. The first-order valence-electron chi connectivity index (χ1n) is 6.94. The van der Waals surface area contributed by atoms with Crippen molar-refractivity contribution >= 4 is 17.5 Å². The van der Waals surface area contributed by atoms with E-state index in [4.69, 9.17) is 21.4 Å². The Morgan fingerprint density at radius 1 is 1.23 bits per heavy atom. The van der Waals surface area contributed by atoms with Crippen molar-refractivity contribution in [1.82, 2.24) is 4.90 Å². The third-order valence-corrected chi connectivity index (χ3v) is 3.39. The van der Waals surface area contributed by atoms with E-state index in [0.717, 1.165) is 5.56 Å². The molecule has 0 aliphatic heterocycles. The molecule has 2 aromatic carbocycles. The minimum absolute atomic E-state index is 0.0623. The molecule has 1 N–H and O–H groups in total. The van der Waals surface area contributed by atoms with Crippen molar-refractivity contribution in [2.75, 3.05) is 20.2 Å². The van der Waals surface area contributed by atoms with Gasteiger partial charge in [0.05, 0.1) is 6.61 Å². The molecule has 0 fully saturated rings. The van der Waals surface area contributed by atoms with E-state index >= 15 is 0 Å². The number of ether oxygens (including phenoxy) is 1. The van der Waals surface area contributed by atoms with Crippen LogP contribution in [0, 0.1) is 0 Å². The molecule has 0 saturated heterocycles. The number of likely N-dealkylation sites (N-methyl/N-ethyl adjacent to an activating group) is 1. The fourth-order valence-electron chi connectivity index (χ4n) is 1.98. The van der Waals surface area contributed by atoms with Crippen molar-refractivity contribution < 1.29 is 14.6 Å². The molecular weight excluding hydrogens is 302 g/mol. The van der Waals surface area contributed by atoms with Gasteiger partial charge in [0.1, 0.15) is 12.4 Å². The highest BCUT2D eigenvalue weighted by atomic mass is 35.5. The Bertz CT molecular complexity index is 645. The lowest BCUT2D eigenvalue weighted by atomic mass is 10.2. The van der Waals surface area contributed by atoms with Gasteiger partial charge in [-0.3, -0.25) is 4.79 Å². The largest absolute Gasteiger partial charge is 0.489 e. The number of benzene rings is 2. The van der Waals surface area contributed by atoms with Gasteiger partial charge in [-0.1, -0.05) is 29.8 Å². The van der Waals surface area contributed by atoms with Gasteiger partial charge in [-0.15, -0.1) is 0 Å². The number of carbonyl (C=O) groups is 1. The Morgan fingerprint density at radius 2 is 2.00 bits per heavy atom. The average Bonchev–Trinajstić information content (AvgIpc) is 2.53. The van der Waals surface area contributed by atoms with Crippen molar-refractivity contribution in [1.29, 1.82) is 0 Å². The zero-order valence-electron chi connectivity index (χ0n) is 12.3. The summed E-state index contributed by atoms with van der Waals surface area (Å²) in [6.45, 7) is 0.615. The topological polar surface area (TPSA) is 49.8 Å². The summed E-state index contributed by atoms with van der Waals surface area (Å²) >= 11 is 5.93. The fraction of sp³-hybridized carbons (Fsp3) is 0.235. The number of halogens is 1. The Labute approximate surface area is 134 Å². The maximum absolute atomic E-state index is 12.1. The van der Waals surface area contributed by atoms with Crippen LogP contribution in [0.2, 0.25) is 5.02 Å². The van der Waals surface area contributed by atoms with E-state index in [9.17, 15) is 4.79 Å². The fourth-order valence-corrected chi connectivity index (χ4v) is 2.20. The maximum atomic E-state index is 12.1. The smallest absolute Gasteiger partial charge is 0.253 e. The van der Waals surface area contributed by atoms with Gasteiger partial charge in [-0.2, -0.15) is 0 Å². The molecule has 0 unspecified atom stereocenters. The van der Waals surface area contributed by atoms with Crippen molar-refractivity contribution in [2.45, 2.75) is 6.61 Å². The van der Waals surface area contributed by atoms with Crippen molar-refractivity contribution in [3.05, 3.63) is 64.7 Å². The molecule has 0 aliphatic rings. The molecule has 0 heterocycles. The van der Waals surface area contributed by atoms with Gasteiger partial charge < -0.3 is 14.7 Å². The third kappa shape index (κ3) is 4.48. The van der Waals surface area contributed by atoms with Crippen LogP contribution in [-0.2, 0) is 6.61 Å². The molecule has 2 aromatic rings. The molecule has 0 spiro atoms. The molecule has 0 radical (unpaired) electrons. The number of amides is 1. The Hall–Kier alpha value is -2.04. The van der Waals surface area contributed by atoms with E-state index in [1.54, 1.807) is 37.4 Å². The molecule has 0 atom stereocenters. The summed E-state index contributed by atoms with van der Waals surface area (Å²) in [7, 11) is 1.65. The second kappa shape index (κ2) is 7.82. The van der Waals surface area contributed by atoms with Crippen LogP contribution < -0.4 is 4.74 Å². The number of carbonyl (C=O) groups excluding carboxylic acids is 1. The average molecular weight is 320 g/mol. The summed E-state index contributed by atoms with van der Waals surface area (Å²) in [6.07, 6.45) is 0. The number of nitrogens with zero attached hydrogens (tertiary/aromatic N) is 1. The first kappa shape index (κ1) is 16.3. The van der Waals surface area contributed by atoms with Crippen LogP contribution in [0.15, 0.2) is 48.5 Å². The predicted octanol–water partition coefficient (Wildman–Crippen LogP) is 2.98. The van der Waals surface area contributed by atoms with E-state index in [1.807, 2.05) is 18.2 Å². The molecule has 0 aliphatic carbocycles. The van der Waals surface area contributed by atoms with E-state index in [2.05, 4.69) is 0 Å². The summed E-state index contributed by atoms with van der Waals surface area (Å²) < 4.78 is 5.70. The zero-order valence-corrected chi connectivity index (χ0v) is 13.1. The highest BCUT2D eigenvalue weighted by molar-refractivity contribution is 6.30. The first-order valence-corrected chi connectivity index (χ1v) is 7.31. The molecule has 2 rings (SSSR count). The molecule has 116 valence electrons. The van der Waals surface area contributed by atoms with Crippen LogP contribution in [0.5, 0.6) is 5.75 Å². The van der Waals surface area contributed by atoms with Crippen LogP contribution in [0.1, 0.15) is 15.9 Å². The molecule has 1 amide bonds. The second-order valence-corrected chi connectivity index (χ2v) is 5.33. The molecule has 0 saturated carbocycles. The summed E-state index contributed by atoms with van der Waals surface area (Å²) in [5.41, 5.74) is 1.49. The first-order chi connectivity index (χ1) is 10.6. The van der Waals surface area contributed by atoms with Crippen molar-refractivity contribution in [2.24, 2.45) is 0 Å². The van der Waals surface area contributed by atoms with Crippen LogP contribution >= 0.6 is 11.6 Å². The van der Waals surface area contributed by atoms with Gasteiger partial charge in [-0.05, 0) is 35.9 Å². The van der Waals surface area contributed by atoms with Gasteiger partial charge >= 0.3 is 0 Å². The highest BCUT2D eigenvalue weighted by Crippen LogP contribution is 2.17. The lowest BCUT2D eigenvalue weighted by Gasteiger charge is -2.16. The summed E-state index contributed by atoms with van der Waals surface area (Å²) in [4.78, 5) is 13.6. The van der Waals surface area contributed by atoms with Gasteiger partial charge in [0.25, 0.3) is 5.91 Å². The number of rotatable bonds is 6. The van der Waals surface area contributed by atoms with Crippen molar-refractivity contribution in [3.63, 3.8) is 0 Å². The third-order valence-electron chi connectivity index (χ3n) is 3.16. The number of hydrogen-bond donors (Lipinski definition) is 1. The van der Waals surface area contributed by atoms with Crippen LogP contribution in [0.4, 0.5) is 0 Å². The van der Waals surface area contributed by atoms with E-state index in [0.29, 0.717) is 29.5 Å². The Balaban J connectivity index is 2.04. The predicted molar refractivity (Wildman–Crippen MR) is 86.3 cm³/mol. The van der Waals surface area contributed by atoms with Gasteiger partial charge in [-0.25, -0.2) is 0 Å². The number of aliphatic hydroxyl groups is 1. The molecule has 0 aromatic heterocycles. The van der Waals surface area contributed by atoms with Crippen molar-refractivity contribution in [3.8, 4) is 5.75 Å². The summed E-state index contributed by atoms with van der Waals surface area (Å²) in [6, 6.07) is 14.4. The normalized spacial score (nSPS) is 10.3. The highest BCUT2D eigenvalue weighted by Gasteiger charge is 2.11. The minimum Gasteiger partial charge on any atom is -0.489 e. The second-order valence-electron chi connectivity index (χ2n) is 4.90. The summed E-state index contributed by atoms with van der Waals surface area (Å²) in [5.74, 6) is 0.463. The van der Waals surface area contributed by atoms with Crippen LogP contribution in [-0.4, -0.2) is 36.1 Å². The number of aliphatic hydroxyl groups excluding tert-OH is 1. The zero-order chi connectivity index (χ0) is 15.9. The Kier molecular flexibility index (Phi) is 5.81. The van der Waals surface area contributed by atoms with Gasteiger partial charge in [0.15, 0.2) is 0 Å². The van der Waals surface area contributed by atoms with E-state index in [1.165, 1.54) is 4.90 Å². The number of hydrogen-bond acceptors (Lipinski definition) is 3. The van der Waals surface area contributed by atoms with Crippen LogP contribution in [0.25, 0.3) is 0 Å². The van der Waals surface area contributed by atoms with Crippen LogP contribution in [0.3, 0.4) is 0 Å². The molecule has 4 nitrogen and oxygen atoms in total. The van der Waals surface area contributed by atoms with Gasteiger partial charge in [0, 0.05) is 24.2 Å². The Morgan fingerprint density at radius 3 is 2.73 bits per heavy atom. The standard InChI is InChI=1S/C17H18ClNO3/c1-19(8-9-20)17(21)14-5-3-7-16(11-14)22-12-13-4-2-6-15(18)10-13/h2-7,10-11,20H,8-9,12H2,1H3. The lowest BCUT2D eigenvalue weighted by molar-refractivity contribution is 0.0766. The molecule has 22 heavy (non-hydrogen) atoms. The SMILES string of the molecule is CN(CCO)C(=O)c1cccc(OCc2cccc(Cl)c2)c1.